The maximum atomic E-state index is 11.1. The van der Waals surface area contributed by atoms with Crippen molar-refractivity contribution in [2.75, 3.05) is 31.7 Å². The van der Waals surface area contributed by atoms with E-state index in [1.54, 1.807) is 0 Å². The molecular weight excluding hydrogens is 268 g/mol. The number of carboxylic acids is 1. The van der Waals surface area contributed by atoms with Gasteiger partial charge in [0.1, 0.15) is 5.69 Å². The van der Waals surface area contributed by atoms with E-state index in [-0.39, 0.29) is 30.2 Å². The predicted molar refractivity (Wildman–Crippen MR) is 71.1 cm³/mol. The van der Waals surface area contributed by atoms with Gasteiger partial charge in [-0.1, -0.05) is 6.07 Å². The zero-order valence-corrected chi connectivity index (χ0v) is 10.7. The number of para-hydroxylation sites is 1. The number of benzene rings is 1. The van der Waals surface area contributed by atoms with Gasteiger partial charge in [0.15, 0.2) is 0 Å². The molecule has 0 aromatic heterocycles. The highest BCUT2D eigenvalue weighted by Crippen LogP contribution is 2.28. The van der Waals surface area contributed by atoms with Crippen LogP contribution in [0.3, 0.4) is 0 Å². The lowest BCUT2D eigenvalue weighted by Crippen LogP contribution is -2.12. The summed E-state index contributed by atoms with van der Waals surface area (Å²) < 4.78 is 5.04. The quantitative estimate of drug-likeness (QED) is 0.352. The van der Waals surface area contributed by atoms with Gasteiger partial charge in [-0.25, -0.2) is 4.79 Å². The van der Waals surface area contributed by atoms with Crippen LogP contribution in [0, 0.1) is 10.1 Å². The average molecular weight is 284 g/mol. The Bertz CT molecular complexity index is 445. The van der Waals surface area contributed by atoms with Crippen molar-refractivity contribution < 1.29 is 24.7 Å². The molecular formula is C12H16N2O6. The fraction of sp³-hybridized carbons (Fsp3) is 0.417. The molecule has 0 atom stereocenters. The first-order valence-electron chi connectivity index (χ1n) is 6.01. The first kappa shape index (κ1) is 15.9. The van der Waals surface area contributed by atoms with E-state index in [4.69, 9.17) is 14.9 Å². The minimum Gasteiger partial charge on any atom is -0.478 e. The number of aliphatic hydroxyl groups excluding tert-OH is 1. The van der Waals surface area contributed by atoms with Crippen LogP contribution < -0.4 is 5.32 Å². The van der Waals surface area contributed by atoms with Crippen molar-refractivity contribution in [1.29, 1.82) is 0 Å². The lowest BCUT2D eigenvalue weighted by atomic mass is 10.1. The summed E-state index contributed by atoms with van der Waals surface area (Å²) in [6, 6.07) is 3.88. The minimum absolute atomic E-state index is 0.00726. The maximum Gasteiger partial charge on any atom is 0.338 e. The molecule has 0 saturated carbocycles. The second kappa shape index (κ2) is 8.08. The summed E-state index contributed by atoms with van der Waals surface area (Å²) in [6.07, 6.45) is 0.533. The largest absolute Gasteiger partial charge is 0.478 e. The number of nitrogens with one attached hydrogen (secondary N) is 1. The number of nitro groups is 1. The van der Waals surface area contributed by atoms with Crippen LogP contribution in [0.5, 0.6) is 0 Å². The molecule has 0 fully saturated rings. The van der Waals surface area contributed by atoms with Crippen LogP contribution in [0.25, 0.3) is 0 Å². The van der Waals surface area contributed by atoms with E-state index < -0.39 is 10.9 Å². The zero-order valence-electron chi connectivity index (χ0n) is 10.7. The van der Waals surface area contributed by atoms with Gasteiger partial charge in [-0.3, -0.25) is 10.1 Å². The van der Waals surface area contributed by atoms with Gasteiger partial charge in [-0.15, -0.1) is 0 Å². The summed E-state index contributed by atoms with van der Waals surface area (Å²) in [5, 5.41) is 31.2. The highest BCUT2D eigenvalue weighted by Gasteiger charge is 2.20. The highest BCUT2D eigenvalue weighted by molar-refractivity contribution is 5.96. The Kier molecular flexibility index (Phi) is 6.41. The summed E-state index contributed by atoms with van der Waals surface area (Å²) in [7, 11) is 0. The van der Waals surface area contributed by atoms with Crippen LogP contribution in [0.2, 0.25) is 0 Å². The van der Waals surface area contributed by atoms with E-state index in [9.17, 15) is 14.9 Å². The molecule has 3 N–H and O–H groups in total. The monoisotopic (exact) mass is 284 g/mol. The molecule has 1 aromatic carbocycles. The molecule has 0 radical (unpaired) electrons. The number of carboxylic acid groups (broad SMARTS) is 1. The molecule has 1 aromatic rings. The van der Waals surface area contributed by atoms with Gasteiger partial charge in [0.25, 0.3) is 5.69 Å². The maximum absolute atomic E-state index is 11.1. The SMILES string of the molecule is O=C(O)c1cccc([N+](=O)[O-])c1NCCCOCCO. The van der Waals surface area contributed by atoms with E-state index in [0.29, 0.717) is 19.6 Å². The van der Waals surface area contributed by atoms with E-state index in [2.05, 4.69) is 5.32 Å². The Morgan fingerprint density at radius 1 is 1.40 bits per heavy atom. The molecule has 0 heterocycles. The number of rotatable bonds is 9. The number of ether oxygens (including phenoxy) is 1. The molecule has 8 nitrogen and oxygen atoms in total. The van der Waals surface area contributed by atoms with Crippen LogP contribution in [0.15, 0.2) is 18.2 Å². The molecule has 0 unspecified atom stereocenters. The number of hydrogen-bond acceptors (Lipinski definition) is 6. The number of nitrogens with zero attached hydrogens (tertiary/aromatic N) is 1. The normalized spacial score (nSPS) is 10.2. The molecule has 20 heavy (non-hydrogen) atoms. The Balaban J connectivity index is 2.71. The average Bonchev–Trinajstić information content (AvgIpc) is 2.42. The van der Waals surface area contributed by atoms with Crippen molar-refractivity contribution in [2.24, 2.45) is 0 Å². The number of carbonyl (C=O) groups is 1. The first-order chi connectivity index (χ1) is 9.57. The molecule has 1 rings (SSSR count). The van der Waals surface area contributed by atoms with Gasteiger partial charge < -0.3 is 20.3 Å². The van der Waals surface area contributed by atoms with Crippen molar-refractivity contribution in [3.05, 3.63) is 33.9 Å². The summed E-state index contributed by atoms with van der Waals surface area (Å²) in [5.41, 5.74) is -0.427. The molecule has 0 saturated heterocycles. The molecule has 110 valence electrons. The van der Waals surface area contributed by atoms with E-state index >= 15 is 0 Å². The number of nitro benzene ring substituents is 1. The third kappa shape index (κ3) is 4.48. The molecule has 0 bridgehead atoms. The Morgan fingerprint density at radius 3 is 2.75 bits per heavy atom. The molecule has 0 aliphatic rings. The van der Waals surface area contributed by atoms with Crippen LogP contribution in [-0.2, 0) is 4.74 Å². The van der Waals surface area contributed by atoms with E-state index in [0.717, 1.165) is 0 Å². The molecule has 0 spiro atoms. The lowest BCUT2D eigenvalue weighted by molar-refractivity contribution is -0.384. The molecule has 0 amide bonds. The van der Waals surface area contributed by atoms with Gasteiger partial charge >= 0.3 is 5.97 Å². The van der Waals surface area contributed by atoms with Crippen molar-refractivity contribution >= 4 is 17.3 Å². The van der Waals surface area contributed by atoms with Gasteiger partial charge in [-0.2, -0.15) is 0 Å². The van der Waals surface area contributed by atoms with Crippen molar-refractivity contribution in [3.63, 3.8) is 0 Å². The number of aromatic carboxylic acids is 1. The lowest BCUT2D eigenvalue weighted by Gasteiger charge is -2.10. The van der Waals surface area contributed by atoms with Crippen molar-refractivity contribution in [2.45, 2.75) is 6.42 Å². The Morgan fingerprint density at radius 2 is 2.15 bits per heavy atom. The predicted octanol–water partition coefficient (Wildman–Crippen LogP) is 1.10. The topological polar surface area (TPSA) is 122 Å². The summed E-state index contributed by atoms with van der Waals surface area (Å²) in [4.78, 5) is 21.3. The fourth-order valence-corrected chi connectivity index (χ4v) is 1.61. The second-order valence-electron chi connectivity index (χ2n) is 3.88. The van der Waals surface area contributed by atoms with Crippen LogP contribution in [-0.4, -0.2) is 47.5 Å². The second-order valence-corrected chi connectivity index (χ2v) is 3.88. The van der Waals surface area contributed by atoms with Crippen LogP contribution in [0.4, 0.5) is 11.4 Å². The molecule has 0 aliphatic carbocycles. The number of anilines is 1. The third-order valence-electron chi connectivity index (χ3n) is 2.47. The smallest absolute Gasteiger partial charge is 0.338 e. The number of aliphatic hydroxyl groups is 1. The minimum atomic E-state index is -1.23. The Labute approximate surface area is 115 Å². The van der Waals surface area contributed by atoms with Crippen LogP contribution >= 0.6 is 0 Å². The highest BCUT2D eigenvalue weighted by atomic mass is 16.6. The summed E-state index contributed by atoms with van der Waals surface area (Å²) in [6.45, 7) is 0.861. The summed E-state index contributed by atoms with van der Waals surface area (Å²) in [5.74, 6) is -1.23. The van der Waals surface area contributed by atoms with E-state index in [1.165, 1.54) is 18.2 Å². The number of hydrogen-bond donors (Lipinski definition) is 3. The van der Waals surface area contributed by atoms with Crippen molar-refractivity contribution in [3.8, 4) is 0 Å². The zero-order chi connectivity index (χ0) is 15.0. The van der Waals surface area contributed by atoms with Gasteiger partial charge in [0.2, 0.25) is 0 Å². The molecule has 8 heteroatoms. The van der Waals surface area contributed by atoms with E-state index in [1.807, 2.05) is 0 Å². The van der Waals surface area contributed by atoms with Crippen molar-refractivity contribution in [1.82, 2.24) is 0 Å². The summed E-state index contributed by atoms with van der Waals surface area (Å²) >= 11 is 0. The van der Waals surface area contributed by atoms with Gasteiger partial charge in [0.05, 0.1) is 23.7 Å². The van der Waals surface area contributed by atoms with Gasteiger partial charge in [0, 0.05) is 19.2 Å². The van der Waals surface area contributed by atoms with Crippen LogP contribution in [0.1, 0.15) is 16.8 Å². The first-order valence-corrected chi connectivity index (χ1v) is 6.01. The van der Waals surface area contributed by atoms with Gasteiger partial charge in [-0.05, 0) is 12.5 Å². The third-order valence-corrected chi connectivity index (χ3v) is 2.47. The fourth-order valence-electron chi connectivity index (χ4n) is 1.61. The Hall–Kier alpha value is -2.19. The molecule has 0 aliphatic heterocycles. The standard InChI is InChI=1S/C12H16N2O6/c15-6-8-20-7-2-5-13-11-9(12(16)17)3-1-4-10(11)14(18)19/h1,3-4,13,15H,2,5-8H2,(H,16,17).